The van der Waals surface area contributed by atoms with E-state index in [4.69, 9.17) is 4.11 Å². The Morgan fingerprint density at radius 1 is 1.03 bits per heavy atom. The van der Waals surface area contributed by atoms with Crippen molar-refractivity contribution in [3.63, 3.8) is 0 Å². The van der Waals surface area contributed by atoms with E-state index < -0.39 is 35.9 Å². The average molecular weight is 460 g/mol. The normalized spacial score (nSPS) is 12.7. The van der Waals surface area contributed by atoms with Gasteiger partial charge in [0, 0.05) is 49.8 Å². The fourth-order valence-corrected chi connectivity index (χ4v) is 3.39. The maximum Gasteiger partial charge on any atom is 0.262 e. The van der Waals surface area contributed by atoms with Crippen LogP contribution in [0.1, 0.15) is 14.5 Å². The molecule has 0 bridgehead atoms. The van der Waals surface area contributed by atoms with Crippen molar-refractivity contribution in [3.8, 4) is 0 Å². The molecule has 4 aromatic heterocycles. The highest BCUT2D eigenvalue weighted by Crippen LogP contribution is 2.31. The third kappa shape index (κ3) is 3.86. The number of hydrogen-bond acceptors (Lipinski definition) is 6. The van der Waals surface area contributed by atoms with Crippen LogP contribution in [0.5, 0.6) is 0 Å². The Hall–Kier alpha value is -4.35. The number of nitrogens with zero attached hydrogens (tertiary/aromatic N) is 4. The highest BCUT2D eigenvalue weighted by molar-refractivity contribution is 6.06. The highest BCUT2D eigenvalue weighted by Gasteiger charge is 2.21. The van der Waals surface area contributed by atoms with Gasteiger partial charge in [-0.15, -0.1) is 0 Å². The van der Waals surface area contributed by atoms with Crippen LogP contribution >= 0.6 is 0 Å². The first kappa shape index (κ1) is 18.2. The van der Waals surface area contributed by atoms with Crippen LogP contribution in [0.2, 0.25) is 0 Å². The van der Waals surface area contributed by atoms with E-state index in [9.17, 15) is 22.8 Å². The minimum Gasteiger partial charge on any atom is -0.355 e. The van der Waals surface area contributed by atoms with E-state index in [2.05, 4.69) is 20.6 Å². The van der Waals surface area contributed by atoms with Gasteiger partial charge in [0.15, 0.2) is 17.5 Å². The van der Waals surface area contributed by atoms with Crippen molar-refractivity contribution >= 4 is 39.8 Å². The molecule has 9 nitrogen and oxygen atoms in total. The van der Waals surface area contributed by atoms with Crippen LogP contribution in [-0.4, -0.2) is 32.0 Å². The van der Waals surface area contributed by atoms with Crippen molar-refractivity contribution in [1.82, 2.24) is 24.4 Å². The number of aryl methyl sites for hydroxylation is 2. The van der Waals surface area contributed by atoms with Crippen LogP contribution in [0.4, 0.5) is 36.2 Å². The van der Waals surface area contributed by atoms with Gasteiger partial charge < -0.3 is 25.1 Å². The molecule has 33 heavy (non-hydrogen) atoms. The number of carbonyl (C=O) groups is 1. The summed E-state index contributed by atoms with van der Waals surface area (Å²) in [6, 6.07) is 2.04. The largest absolute Gasteiger partial charge is 0.355 e. The predicted octanol–water partition coefficient (Wildman–Crippen LogP) is 2.93. The summed E-state index contributed by atoms with van der Waals surface area (Å²) in [7, 11) is 2.90. The Balaban J connectivity index is 1.86. The summed E-state index contributed by atoms with van der Waals surface area (Å²) in [5, 5.41) is 7.24. The van der Waals surface area contributed by atoms with Crippen molar-refractivity contribution in [1.29, 1.82) is 0 Å². The summed E-state index contributed by atoms with van der Waals surface area (Å²) in [6.07, 6.45) is 4.31. The number of anilines is 4. The quantitative estimate of drug-likeness (QED) is 0.423. The summed E-state index contributed by atoms with van der Waals surface area (Å²) in [5.41, 5.74) is -0.756. The number of fused-ring (bicyclic) bond motifs is 1. The van der Waals surface area contributed by atoms with Gasteiger partial charge >= 0.3 is 0 Å². The number of nitrogens with one attached hydrogen (secondary N) is 3. The van der Waals surface area contributed by atoms with Crippen LogP contribution in [0.25, 0.3) is 10.9 Å². The van der Waals surface area contributed by atoms with Gasteiger partial charge in [-0.3, -0.25) is 9.59 Å². The summed E-state index contributed by atoms with van der Waals surface area (Å²) < 4.78 is 66.1. The molecule has 0 atom stereocenters. The third-order valence-electron chi connectivity index (χ3n) is 4.86. The third-order valence-corrected chi connectivity index (χ3v) is 4.86. The van der Waals surface area contributed by atoms with E-state index in [1.807, 2.05) is 5.32 Å². The molecule has 1 amide bonds. The van der Waals surface area contributed by atoms with Gasteiger partial charge in [0.25, 0.3) is 11.5 Å². The molecular weight excluding hydrogens is 439 g/mol. The van der Waals surface area contributed by atoms with Gasteiger partial charge in [0.05, 0.1) is 28.5 Å². The first-order chi connectivity index (χ1) is 16.9. The molecule has 0 saturated heterocycles. The predicted molar refractivity (Wildman–Crippen MR) is 116 cm³/mol. The molecule has 12 heteroatoms. The molecule has 0 aliphatic heterocycles. The number of rotatable bonds is 5. The maximum atomic E-state index is 14.6. The maximum absolute atomic E-state index is 14.6. The zero-order chi connectivity index (χ0) is 26.4. The van der Waals surface area contributed by atoms with Crippen molar-refractivity contribution < 1.29 is 22.1 Å². The molecule has 3 N–H and O–H groups in total. The minimum atomic E-state index is -2.87. The Kier molecular flexibility index (Phi) is 4.59. The lowest BCUT2D eigenvalue weighted by Crippen LogP contribution is -2.21. The van der Waals surface area contributed by atoms with Crippen LogP contribution in [0.3, 0.4) is 0 Å². The zero-order valence-corrected chi connectivity index (χ0v) is 17.2. The lowest BCUT2D eigenvalue weighted by atomic mass is 10.1. The monoisotopic (exact) mass is 460 g/mol. The van der Waals surface area contributed by atoms with E-state index in [0.29, 0.717) is 6.20 Å². The Bertz CT molecular complexity index is 1570. The number of carbonyl (C=O) groups excluding carboxylic acids is 1. The molecule has 0 unspecified atom stereocenters. The second kappa shape index (κ2) is 8.30. The van der Waals surface area contributed by atoms with Crippen molar-refractivity contribution in [2.24, 2.45) is 14.1 Å². The number of halogens is 3. The summed E-state index contributed by atoms with van der Waals surface area (Å²) in [5.74, 6) is -4.65. The smallest absolute Gasteiger partial charge is 0.262 e. The second-order valence-corrected chi connectivity index (χ2v) is 7.04. The standard InChI is InChI=1S/C21H18F3N7O2/c1-25-20(32)17-13(4-5-26-19(17)29-15-6-10(22)11(23)7-27-15)28-14-9-30(2)18-12(24)8-31(3)21(33)16(14)18/h4-9H,1-3H3,(H,25,32)(H2,26,27,28,29)/i1D3. The number of hydrogen-bond donors (Lipinski definition) is 3. The molecule has 0 aliphatic carbocycles. The summed E-state index contributed by atoms with van der Waals surface area (Å²) >= 11 is 0. The molecule has 0 saturated carbocycles. The summed E-state index contributed by atoms with van der Waals surface area (Å²) in [4.78, 5) is 33.4. The number of amides is 1. The molecular formula is C21H18F3N7O2. The molecule has 170 valence electrons. The SMILES string of the molecule is [2H]C([2H])([2H])NC(=O)c1c(Nc2cn(C)c3c(F)cn(C)c(=O)c23)ccnc1Nc1cc(F)c(F)cn1. The van der Waals surface area contributed by atoms with E-state index in [0.717, 1.165) is 16.8 Å². The van der Waals surface area contributed by atoms with Gasteiger partial charge in [-0.05, 0) is 6.07 Å². The van der Waals surface area contributed by atoms with E-state index in [-0.39, 0.29) is 39.5 Å². The molecule has 4 rings (SSSR count). The molecule has 0 spiro atoms. The molecule has 4 heterocycles. The molecule has 0 aliphatic rings. The number of pyridine rings is 3. The van der Waals surface area contributed by atoms with E-state index in [1.54, 1.807) is 0 Å². The van der Waals surface area contributed by atoms with Crippen molar-refractivity contribution in [3.05, 3.63) is 70.3 Å². The van der Waals surface area contributed by atoms with Crippen LogP contribution < -0.4 is 21.5 Å². The zero-order valence-electron chi connectivity index (χ0n) is 20.2. The van der Waals surface area contributed by atoms with Crippen molar-refractivity contribution in [2.75, 3.05) is 17.6 Å². The summed E-state index contributed by atoms with van der Waals surface area (Å²) in [6.45, 7) is -2.87. The Labute approximate surface area is 189 Å². The average Bonchev–Trinajstić information content (AvgIpc) is 3.10. The lowest BCUT2D eigenvalue weighted by molar-refractivity contribution is 0.0964. The fourth-order valence-electron chi connectivity index (χ4n) is 3.39. The molecule has 0 fully saturated rings. The Morgan fingerprint density at radius 2 is 1.82 bits per heavy atom. The molecule has 4 aromatic rings. The highest BCUT2D eigenvalue weighted by atomic mass is 19.2. The lowest BCUT2D eigenvalue weighted by Gasteiger charge is -2.15. The van der Waals surface area contributed by atoms with Crippen LogP contribution in [-0.2, 0) is 14.1 Å². The minimum absolute atomic E-state index is 0.00693. The molecule has 0 aromatic carbocycles. The first-order valence-corrected chi connectivity index (χ1v) is 9.36. The van der Waals surface area contributed by atoms with E-state index >= 15 is 0 Å². The van der Waals surface area contributed by atoms with Gasteiger partial charge in [-0.25, -0.2) is 23.1 Å². The van der Waals surface area contributed by atoms with Crippen LogP contribution in [0.15, 0.2) is 41.7 Å². The topological polar surface area (TPSA) is 106 Å². The van der Waals surface area contributed by atoms with Gasteiger partial charge in [0.2, 0.25) is 0 Å². The van der Waals surface area contributed by atoms with Gasteiger partial charge in [-0.2, -0.15) is 0 Å². The fraction of sp³-hybridized carbons (Fsp3) is 0.143. The first-order valence-electron chi connectivity index (χ1n) is 10.9. The van der Waals surface area contributed by atoms with E-state index in [1.165, 1.54) is 37.1 Å². The van der Waals surface area contributed by atoms with Gasteiger partial charge in [-0.1, -0.05) is 0 Å². The Morgan fingerprint density at radius 3 is 2.55 bits per heavy atom. The second-order valence-electron chi connectivity index (χ2n) is 7.04. The van der Waals surface area contributed by atoms with Crippen LogP contribution in [0, 0.1) is 17.5 Å². The van der Waals surface area contributed by atoms with Crippen molar-refractivity contribution in [2.45, 2.75) is 0 Å². The van der Waals surface area contributed by atoms with Gasteiger partial charge in [0.1, 0.15) is 17.2 Å². The number of aromatic nitrogens is 4. The molecule has 0 radical (unpaired) electrons.